The van der Waals surface area contributed by atoms with Gasteiger partial charge < -0.3 is 4.90 Å². The van der Waals surface area contributed by atoms with Crippen LogP contribution < -0.4 is 4.90 Å². The van der Waals surface area contributed by atoms with E-state index in [1.807, 2.05) is 0 Å². The van der Waals surface area contributed by atoms with Crippen molar-refractivity contribution in [3.05, 3.63) is 280 Å². The first-order valence-electron chi connectivity index (χ1n) is 24.8. The van der Waals surface area contributed by atoms with Gasteiger partial charge in [-0.2, -0.15) is 0 Å². The molecule has 11 rings (SSSR count). The molecule has 2 aliphatic rings. The van der Waals surface area contributed by atoms with Crippen molar-refractivity contribution in [2.45, 2.75) is 89.4 Å². The molecule has 1 heteroatoms. The van der Waals surface area contributed by atoms with E-state index in [0.717, 1.165) is 17.1 Å². The molecule has 0 N–H and O–H groups in total. The Bertz CT molecular complexity index is 3280. The summed E-state index contributed by atoms with van der Waals surface area (Å²) in [6.07, 6.45) is 0. The maximum atomic E-state index is 2.55. The maximum Gasteiger partial charge on any atom is 0.0734 e. The molecule has 0 saturated heterocycles. The van der Waals surface area contributed by atoms with Gasteiger partial charge in [0, 0.05) is 16.9 Å². The Morgan fingerprint density at radius 2 is 0.681 bits per heavy atom. The van der Waals surface area contributed by atoms with E-state index in [0.29, 0.717) is 0 Å². The molecule has 1 nitrogen and oxygen atoms in total. The number of nitrogens with zero attached hydrogens (tertiary/aromatic N) is 1. The molecule has 0 bridgehead atoms. The van der Waals surface area contributed by atoms with E-state index in [2.05, 4.69) is 286 Å². The lowest BCUT2D eigenvalue weighted by Crippen LogP contribution is -2.31. The summed E-state index contributed by atoms with van der Waals surface area (Å²) < 4.78 is 0. The fourth-order valence-electron chi connectivity index (χ4n) is 11.8. The second-order valence-corrected chi connectivity index (χ2v) is 22.5. The molecule has 0 fully saturated rings. The van der Waals surface area contributed by atoms with Gasteiger partial charge in [0.25, 0.3) is 0 Å². The molecular weight excluding hydrogens is 831 g/mol. The summed E-state index contributed by atoms with van der Waals surface area (Å²) in [6.45, 7) is 20.7. The first kappa shape index (κ1) is 44.3. The summed E-state index contributed by atoms with van der Waals surface area (Å²) in [5.74, 6) is 0. The lowest BCUT2D eigenvalue weighted by molar-refractivity contribution is 0.588. The Kier molecular flexibility index (Phi) is 10.4. The van der Waals surface area contributed by atoms with Gasteiger partial charge in [0.05, 0.1) is 16.5 Å². The number of fused-ring (bicyclic) bond motifs is 6. The number of rotatable bonds is 7. The highest BCUT2D eigenvalue weighted by Crippen LogP contribution is 2.62. The monoisotopic (exact) mass is 893 g/mol. The molecule has 0 aliphatic heterocycles. The Morgan fingerprint density at radius 3 is 1.19 bits per heavy atom. The first-order chi connectivity index (χ1) is 33.1. The number of hydrogen-bond donors (Lipinski definition) is 0. The van der Waals surface area contributed by atoms with Crippen LogP contribution in [0.3, 0.4) is 0 Å². The van der Waals surface area contributed by atoms with Crippen LogP contribution in [0.4, 0.5) is 17.1 Å². The van der Waals surface area contributed by atoms with Crippen LogP contribution in [0.25, 0.3) is 22.3 Å². The van der Waals surface area contributed by atoms with Crippen LogP contribution in [0.1, 0.15) is 124 Å². The molecule has 0 amide bonds. The van der Waals surface area contributed by atoms with E-state index in [1.54, 1.807) is 0 Å². The summed E-state index contributed by atoms with van der Waals surface area (Å²) in [6, 6.07) is 83.4. The fourth-order valence-corrected chi connectivity index (χ4v) is 11.8. The predicted molar refractivity (Wildman–Crippen MR) is 292 cm³/mol. The standard InChI is InChI=1S/C68H63N/c1-64(2,3)46-31-37-50(38-32-46)67(51-39-33-47(34-40-51)65(4,5)6)59-28-18-16-25-55(59)57-44-43-54(45-61(57)67)69(53-23-14-11-15-24-53)62-30-20-27-58-56-26-17-19-29-60(56)68(63(58)62,49-21-12-10-13-22-49)52-41-35-48(36-42-52)66(7,8)9/h10-45H,1-9H3. The summed E-state index contributed by atoms with van der Waals surface area (Å²) >= 11 is 0. The van der Waals surface area contributed by atoms with Crippen molar-refractivity contribution in [2.24, 2.45) is 0 Å². The lowest BCUT2D eigenvalue weighted by Gasteiger charge is -2.39. The van der Waals surface area contributed by atoms with Crippen molar-refractivity contribution in [3.8, 4) is 22.3 Å². The van der Waals surface area contributed by atoms with Crippen LogP contribution >= 0.6 is 0 Å². The van der Waals surface area contributed by atoms with Gasteiger partial charge in [0.15, 0.2) is 0 Å². The molecule has 9 aromatic rings. The minimum absolute atomic E-state index is 0.0188. The number of hydrogen-bond acceptors (Lipinski definition) is 1. The van der Waals surface area contributed by atoms with Gasteiger partial charge in [0.1, 0.15) is 0 Å². The van der Waals surface area contributed by atoms with E-state index in [9.17, 15) is 0 Å². The molecule has 340 valence electrons. The van der Waals surface area contributed by atoms with E-state index < -0.39 is 10.8 Å². The van der Waals surface area contributed by atoms with Crippen LogP contribution in [-0.2, 0) is 27.1 Å². The summed E-state index contributed by atoms with van der Waals surface area (Å²) in [5.41, 5.74) is 21.5. The summed E-state index contributed by atoms with van der Waals surface area (Å²) in [4.78, 5) is 2.55. The molecule has 0 heterocycles. The Labute approximate surface area is 411 Å². The normalized spacial score (nSPS) is 15.8. The third kappa shape index (κ3) is 6.95. The molecule has 9 aromatic carbocycles. The smallest absolute Gasteiger partial charge is 0.0734 e. The maximum absolute atomic E-state index is 2.55. The second-order valence-electron chi connectivity index (χ2n) is 22.5. The molecule has 1 unspecified atom stereocenters. The van der Waals surface area contributed by atoms with Crippen molar-refractivity contribution < 1.29 is 0 Å². The lowest BCUT2D eigenvalue weighted by atomic mass is 9.66. The van der Waals surface area contributed by atoms with Crippen LogP contribution in [0.5, 0.6) is 0 Å². The Balaban J connectivity index is 1.22. The van der Waals surface area contributed by atoms with Gasteiger partial charge in [0.2, 0.25) is 0 Å². The third-order valence-electron chi connectivity index (χ3n) is 15.3. The van der Waals surface area contributed by atoms with Crippen molar-refractivity contribution in [1.82, 2.24) is 0 Å². The van der Waals surface area contributed by atoms with E-state index >= 15 is 0 Å². The fraction of sp³-hybridized carbons (Fsp3) is 0.206. The van der Waals surface area contributed by atoms with Crippen molar-refractivity contribution in [1.29, 1.82) is 0 Å². The van der Waals surface area contributed by atoms with Crippen molar-refractivity contribution in [2.75, 3.05) is 4.90 Å². The summed E-state index contributed by atoms with van der Waals surface area (Å²) in [7, 11) is 0. The third-order valence-corrected chi connectivity index (χ3v) is 15.3. The Morgan fingerprint density at radius 1 is 0.290 bits per heavy atom. The van der Waals surface area contributed by atoms with Gasteiger partial charge in [-0.25, -0.2) is 0 Å². The predicted octanol–water partition coefficient (Wildman–Crippen LogP) is 17.8. The zero-order chi connectivity index (χ0) is 47.9. The average Bonchev–Trinajstić information content (AvgIpc) is 3.83. The molecule has 0 spiro atoms. The van der Waals surface area contributed by atoms with Gasteiger partial charge in [-0.3, -0.25) is 0 Å². The zero-order valence-electron chi connectivity index (χ0n) is 41.7. The molecule has 69 heavy (non-hydrogen) atoms. The van der Waals surface area contributed by atoms with Gasteiger partial charge in [-0.1, -0.05) is 250 Å². The van der Waals surface area contributed by atoms with Crippen molar-refractivity contribution >= 4 is 17.1 Å². The highest BCUT2D eigenvalue weighted by Gasteiger charge is 2.50. The van der Waals surface area contributed by atoms with Gasteiger partial charge in [-0.05, 0) is 124 Å². The highest BCUT2D eigenvalue weighted by molar-refractivity contribution is 5.96. The Hall–Kier alpha value is -7.22. The molecular formula is C68H63N. The minimum atomic E-state index is -0.618. The minimum Gasteiger partial charge on any atom is -0.310 e. The average molecular weight is 894 g/mol. The molecule has 0 saturated carbocycles. The van der Waals surface area contributed by atoms with Crippen LogP contribution in [0, 0.1) is 0 Å². The van der Waals surface area contributed by atoms with E-state index in [4.69, 9.17) is 0 Å². The number of benzene rings is 9. The van der Waals surface area contributed by atoms with Crippen molar-refractivity contribution in [3.63, 3.8) is 0 Å². The molecule has 2 aliphatic carbocycles. The first-order valence-corrected chi connectivity index (χ1v) is 24.8. The van der Waals surface area contributed by atoms with Gasteiger partial charge in [-0.15, -0.1) is 0 Å². The number of para-hydroxylation sites is 1. The van der Waals surface area contributed by atoms with Crippen LogP contribution in [0.2, 0.25) is 0 Å². The number of anilines is 3. The SMILES string of the molecule is CC(C)(C)c1ccc(C2(c3ccc(C(C)(C)C)cc3)c3ccccc3-c3ccc(N(c4ccccc4)c4cccc5c4C(c4ccccc4)(c4ccc(C(C)(C)C)cc4)c4ccccc4-5)cc32)cc1. The zero-order valence-corrected chi connectivity index (χ0v) is 41.7. The van der Waals surface area contributed by atoms with E-state index in [1.165, 1.54) is 83.5 Å². The van der Waals surface area contributed by atoms with Gasteiger partial charge >= 0.3 is 0 Å². The topological polar surface area (TPSA) is 3.24 Å². The molecule has 0 aromatic heterocycles. The second kappa shape index (κ2) is 16.2. The van der Waals surface area contributed by atoms with E-state index in [-0.39, 0.29) is 16.2 Å². The quantitative estimate of drug-likeness (QED) is 0.154. The van der Waals surface area contributed by atoms with Crippen LogP contribution in [-0.4, -0.2) is 0 Å². The largest absolute Gasteiger partial charge is 0.310 e. The molecule has 1 atom stereocenters. The molecule has 0 radical (unpaired) electrons. The van der Waals surface area contributed by atoms with Crippen LogP contribution in [0.15, 0.2) is 218 Å². The summed E-state index contributed by atoms with van der Waals surface area (Å²) in [5, 5.41) is 0. The highest BCUT2D eigenvalue weighted by atomic mass is 15.1.